The van der Waals surface area contributed by atoms with Crippen LogP contribution in [-0.2, 0) is 54.3 Å². The van der Waals surface area contributed by atoms with Crippen molar-refractivity contribution in [1.29, 1.82) is 0 Å². The van der Waals surface area contributed by atoms with Gasteiger partial charge in [0.05, 0.1) is 0 Å². The second-order valence-corrected chi connectivity index (χ2v) is 16.6. The summed E-state index contributed by atoms with van der Waals surface area (Å²) in [5.74, 6) is -10.6. The molecule has 0 bridgehead atoms. The molecule has 25 heteroatoms. The van der Waals surface area contributed by atoms with Gasteiger partial charge < -0.3 is 41.7 Å². The number of nitrogens with one attached hydrogen (secondary N) is 6. The normalized spacial score (nSPS) is 13.4. The summed E-state index contributed by atoms with van der Waals surface area (Å²) in [6.07, 6.45) is -3.30. The Labute approximate surface area is 398 Å². The van der Waals surface area contributed by atoms with E-state index in [1.807, 2.05) is 23.5 Å². The third-order valence-corrected chi connectivity index (χ3v) is 12.3. The Hall–Kier alpha value is -6.04. The third kappa shape index (κ3) is 21.4. The van der Waals surface area contributed by atoms with Crippen molar-refractivity contribution >= 4 is 70.3 Å². The van der Waals surface area contributed by atoms with E-state index < -0.39 is 153 Å². The molecule has 0 unspecified atom stereocenters. The van der Waals surface area contributed by atoms with Crippen molar-refractivity contribution in [1.82, 2.24) is 31.9 Å². The van der Waals surface area contributed by atoms with Crippen LogP contribution in [-0.4, -0.2) is 158 Å². The zero-order valence-electron chi connectivity index (χ0n) is 36.2. The smallest absolute Gasteiger partial charge is 0.326 e. The quantitative estimate of drug-likeness (QED) is 0.0377. The molecule has 2 aromatic rings. The topological polar surface area (TPSA) is 394 Å². The maximum atomic E-state index is 13.9. The molecule has 0 heterocycles. The van der Waals surface area contributed by atoms with Crippen molar-refractivity contribution in [3.05, 3.63) is 48.0 Å². The molecule has 0 saturated carbocycles. The molecule has 13 N–H and O–H groups in total. The zero-order valence-corrected chi connectivity index (χ0v) is 39.2. The minimum absolute atomic E-state index is 0.0777. The molecule has 67 heavy (non-hydrogen) atoms. The van der Waals surface area contributed by atoms with Gasteiger partial charge in [-0.05, 0) is 42.0 Å². The van der Waals surface area contributed by atoms with Gasteiger partial charge in [0.1, 0.15) is 18.1 Å². The number of aliphatic carboxylic acids is 5. The summed E-state index contributed by atoms with van der Waals surface area (Å²) < 4.78 is 5.71. The average Bonchev–Trinajstić information content (AvgIpc) is 3.28. The van der Waals surface area contributed by atoms with E-state index in [1.165, 1.54) is 24.7 Å². The monoisotopic (exact) mass is 1140 g/mol. The van der Waals surface area contributed by atoms with E-state index in [1.54, 1.807) is 24.3 Å². The number of carbonyl (C=O) groups excluding carboxylic acids is 5. The molecule has 0 aromatic heterocycles. The van der Waals surface area contributed by atoms with Crippen LogP contribution >= 0.6 is 0 Å². The van der Waals surface area contributed by atoms with E-state index in [0.29, 0.717) is 9.69 Å². The average molecular weight is 1140 g/mol. The molecule has 5 atom stereocenters. The van der Waals surface area contributed by atoms with Crippen LogP contribution in [0.15, 0.2) is 42.5 Å². The Bertz CT molecular complexity index is 2040. The minimum Gasteiger partial charge on any atom is -0.480 e. The number of aliphatic hydroxyl groups excluding tert-OH is 2. The number of urea groups is 1. The largest absolute Gasteiger partial charge is 0.480 e. The van der Waals surface area contributed by atoms with Gasteiger partial charge in [-0.1, -0.05) is 42.5 Å². The molecule has 24 nitrogen and oxygen atoms in total. The molecule has 2 rings (SSSR count). The van der Waals surface area contributed by atoms with Crippen LogP contribution in [0.3, 0.4) is 0 Å². The minimum atomic E-state index is -1.63. The van der Waals surface area contributed by atoms with E-state index in [4.69, 9.17) is 9.84 Å². The van der Waals surface area contributed by atoms with Crippen molar-refractivity contribution in [3.8, 4) is 0 Å². The second kappa shape index (κ2) is 29.6. The first kappa shape index (κ1) is 57.1. The number of ether oxygens (including phenoxy) is 1. The van der Waals surface area contributed by atoms with Crippen LogP contribution in [0.5, 0.6) is 0 Å². The molecule has 370 valence electrons. The molecule has 0 spiro atoms. The fourth-order valence-corrected chi connectivity index (χ4v) is 7.20. The van der Waals surface area contributed by atoms with Gasteiger partial charge >= 0.3 is 191 Å². The van der Waals surface area contributed by atoms with Crippen molar-refractivity contribution < 1.29 is 113 Å². The van der Waals surface area contributed by atoms with Gasteiger partial charge in [-0.3, -0.25) is 19.2 Å². The van der Waals surface area contributed by atoms with Crippen molar-refractivity contribution in [2.45, 2.75) is 98.5 Å². The van der Waals surface area contributed by atoms with Crippen LogP contribution in [0.2, 0.25) is 4.13 Å². The molecule has 0 saturated heterocycles. The van der Waals surface area contributed by atoms with Crippen LogP contribution < -0.4 is 31.9 Å². The number of amides is 6. The first-order valence-corrected chi connectivity index (χ1v) is 23.0. The molecule has 0 radical (unpaired) electrons. The summed E-state index contributed by atoms with van der Waals surface area (Å²) in [4.78, 5) is 124. The number of fused-ring (bicyclic) bond motifs is 1. The SMILES string of the molecule is O=C(O)CC[C@H](NC(=O)N[C@@H](CCCCNC(=O)[C@H](Cc1ccc2ccccc2c1)NC(=O)[C@H](CCC(=O)O)NC(=O)[C@H](CCC(=O)O)NC(=O)COCC(CO)(CO)C[211At])C(=O)O)C(=O)O. The summed E-state index contributed by atoms with van der Waals surface area (Å²) in [6.45, 7) is -1.83. The number of hydrogen-bond donors (Lipinski definition) is 13. The predicted molar refractivity (Wildman–Crippen MR) is 228 cm³/mol. The fraction of sp³-hybridized carbons (Fsp3) is 0.524. The van der Waals surface area contributed by atoms with E-state index in [0.717, 1.165) is 10.8 Å². The number of unbranched alkanes of at least 4 members (excludes halogenated alkanes) is 1. The molecule has 0 aliphatic rings. The van der Waals surface area contributed by atoms with Crippen LogP contribution in [0.4, 0.5) is 4.79 Å². The van der Waals surface area contributed by atoms with Crippen LogP contribution in [0.1, 0.15) is 63.4 Å². The number of carboxylic acid groups (broad SMARTS) is 5. The van der Waals surface area contributed by atoms with Gasteiger partial charge in [-0.25, -0.2) is 14.4 Å². The second-order valence-electron chi connectivity index (χ2n) is 15.6. The summed E-state index contributed by atoms with van der Waals surface area (Å²) in [7, 11) is 0. The molecule has 6 amide bonds. The molecular formula is C42H57AtN6O18. The standard InChI is InChI=1S/C42H57AtN6O18/c43-20-42(21-50,22-51)23-67-19-32(52)45-27(10-13-33(53)54)37(60)46-28(11-14-34(55)56)38(61)47-31(18-24-8-9-25-5-1-2-6-26(25)17-24)36(59)44-16-4-3-7-29(39(62)63)48-41(66)49-30(40(64)65)12-15-35(57)58/h1-2,5-6,8-9,17,27-31,50-51H,3-4,7,10-16,18-23H2,(H,44,59)(H,45,52)(H,46,60)(H,47,61)(H,53,54)(H,55,56)(H,57,58)(H,62,63)(H,64,65)(H2,48,49,66)/t27-,28-,29-,30-,31-/m0/s1/i43+1. The first-order chi connectivity index (χ1) is 31.7. The van der Waals surface area contributed by atoms with Gasteiger partial charge in [0.25, 0.3) is 0 Å². The molecule has 0 aliphatic carbocycles. The van der Waals surface area contributed by atoms with Crippen LogP contribution in [0, 0.1) is 30.1 Å². The van der Waals surface area contributed by atoms with E-state index in [9.17, 15) is 78.6 Å². The Kier molecular flexibility index (Phi) is 25.2. The number of rotatable bonds is 33. The van der Waals surface area contributed by atoms with Crippen molar-refractivity contribution in [2.24, 2.45) is 5.41 Å². The Morgan fingerprint density at radius 1 is 0.582 bits per heavy atom. The van der Waals surface area contributed by atoms with E-state index >= 15 is 0 Å². The number of carbonyl (C=O) groups is 10. The van der Waals surface area contributed by atoms with Gasteiger partial charge in [-0.15, -0.1) is 0 Å². The van der Waals surface area contributed by atoms with Gasteiger partial charge in [0.15, 0.2) is 0 Å². The van der Waals surface area contributed by atoms with Crippen molar-refractivity contribution in [2.75, 3.05) is 33.0 Å². The van der Waals surface area contributed by atoms with Gasteiger partial charge in [0.2, 0.25) is 5.91 Å². The Morgan fingerprint density at radius 2 is 1.09 bits per heavy atom. The first-order valence-electron chi connectivity index (χ1n) is 20.9. The fourth-order valence-electron chi connectivity index (χ4n) is 6.24. The summed E-state index contributed by atoms with van der Waals surface area (Å²) in [6, 6.07) is 3.78. The summed E-state index contributed by atoms with van der Waals surface area (Å²) >= 11 is 1.25. The molecular weight excluding hydrogens is 1090 g/mol. The number of hydrogen-bond acceptors (Lipinski definition) is 13. The third-order valence-electron chi connectivity index (χ3n) is 10.1. The molecule has 0 fully saturated rings. The molecule has 0 aliphatic heterocycles. The summed E-state index contributed by atoms with van der Waals surface area (Å²) in [5.41, 5.74) is -0.443. The van der Waals surface area contributed by atoms with Gasteiger partial charge in [-0.2, -0.15) is 0 Å². The Morgan fingerprint density at radius 3 is 1.61 bits per heavy atom. The number of carboxylic acids is 5. The van der Waals surface area contributed by atoms with E-state index in [2.05, 4.69) is 26.6 Å². The van der Waals surface area contributed by atoms with Crippen molar-refractivity contribution in [3.63, 3.8) is 0 Å². The maximum Gasteiger partial charge on any atom is 0.326 e. The predicted octanol–water partition coefficient (Wildman–Crippen LogP) is -1.12. The van der Waals surface area contributed by atoms with Gasteiger partial charge in [0, 0.05) is 25.8 Å². The van der Waals surface area contributed by atoms with Crippen LogP contribution in [0.25, 0.3) is 10.8 Å². The number of benzene rings is 2. The number of aliphatic hydroxyl groups is 2. The maximum absolute atomic E-state index is 13.9. The zero-order chi connectivity index (χ0) is 50.1. The van der Waals surface area contributed by atoms with E-state index in [-0.39, 0.29) is 38.8 Å². The molecule has 2 aromatic carbocycles. The Balaban J connectivity index is 2.24. The summed E-state index contributed by atoms with van der Waals surface area (Å²) in [5, 5.41) is 81.6.